The minimum absolute atomic E-state index is 0.0737. The summed E-state index contributed by atoms with van der Waals surface area (Å²) in [5.41, 5.74) is 0.0737. The van der Waals surface area contributed by atoms with Crippen molar-refractivity contribution in [3.63, 3.8) is 0 Å². The van der Waals surface area contributed by atoms with Crippen LogP contribution in [-0.4, -0.2) is 24.8 Å². The van der Waals surface area contributed by atoms with Crippen LogP contribution in [0, 0.1) is 0 Å². The lowest BCUT2D eigenvalue weighted by molar-refractivity contribution is -0.0780. The Kier molecular flexibility index (Phi) is 7.60. The maximum atomic E-state index is 6.27. The molecule has 106 valence electrons. The summed E-state index contributed by atoms with van der Waals surface area (Å²) in [5, 5.41) is 3.67. The molecule has 2 heteroatoms. The van der Waals surface area contributed by atoms with Crippen LogP contribution >= 0.6 is 0 Å². The summed E-state index contributed by atoms with van der Waals surface area (Å²) in [6.45, 7) is 10.0. The Bertz CT molecular complexity index is 219. The number of hydrogen-bond donors (Lipinski definition) is 1. The van der Waals surface area contributed by atoms with Gasteiger partial charge in [0.1, 0.15) is 0 Å². The average molecular weight is 253 g/mol. The quantitative estimate of drug-likeness (QED) is 0.520. The van der Waals surface area contributed by atoms with E-state index >= 15 is 0 Å². The second-order valence-electron chi connectivity index (χ2n) is 5.39. The van der Waals surface area contributed by atoms with Crippen LogP contribution < -0.4 is 5.32 Å². The Morgan fingerprint density at radius 3 is 2.39 bits per heavy atom. The Morgan fingerprint density at radius 1 is 1.22 bits per heavy atom. The van der Waals surface area contributed by atoms with Crippen LogP contribution in [0.5, 0.6) is 0 Å². The zero-order valence-corrected chi connectivity index (χ0v) is 12.3. The minimum atomic E-state index is 0.0737. The Balaban J connectivity index is 2.77. The van der Waals surface area contributed by atoms with Crippen molar-refractivity contribution >= 4 is 0 Å². The van der Waals surface area contributed by atoms with E-state index in [1.54, 1.807) is 0 Å². The minimum Gasteiger partial charge on any atom is -0.374 e. The molecule has 0 aromatic rings. The van der Waals surface area contributed by atoms with E-state index < -0.39 is 0 Å². The molecule has 1 atom stereocenters. The first-order chi connectivity index (χ1) is 8.79. The molecule has 0 radical (unpaired) electrons. The summed E-state index contributed by atoms with van der Waals surface area (Å²) in [5.74, 6) is 0. The topological polar surface area (TPSA) is 21.3 Å². The van der Waals surface area contributed by atoms with E-state index in [1.165, 1.54) is 38.5 Å². The van der Waals surface area contributed by atoms with Gasteiger partial charge in [-0.3, -0.25) is 0 Å². The highest BCUT2D eigenvalue weighted by molar-refractivity contribution is 4.95. The average Bonchev–Trinajstić information content (AvgIpc) is 2.61. The van der Waals surface area contributed by atoms with E-state index in [0.29, 0.717) is 6.04 Å². The predicted molar refractivity (Wildman–Crippen MR) is 79.0 cm³/mol. The predicted octanol–water partition coefficient (Wildman–Crippen LogP) is 4.06. The molecule has 0 bridgehead atoms. The van der Waals surface area contributed by atoms with Crippen molar-refractivity contribution in [1.29, 1.82) is 0 Å². The third-order valence-corrected chi connectivity index (χ3v) is 4.13. The fourth-order valence-electron chi connectivity index (χ4n) is 3.29. The van der Waals surface area contributed by atoms with Crippen molar-refractivity contribution in [3.8, 4) is 0 Å². The molecule has 0 saturated heterocycles. The van der Waals surface area contributed by atoms with Crippen LogP contribution in [-0.2, 0) is 4.74 Å². The SMILES string of the molecule is C=CCCC(NCC)C1(OCC)CCCCCC1. The van der Waals surface area contributed by atoms with Gasteiger partial charge in [-0.25, -0.2) is 0 Å². The molecule has 0 aromatic heterocycles. The molecule has 2 nitrogen and oxygen atoms in total. The second-order valence-corrected chi connectivity index (χ2v) is 5.39. The van der Waals surface area contributed by atoms with Crippen LogP contribution in [0.2, 0.25) is 0 Å². The molecule has 0 aromatic carbocycles. The molecule has 1 aliphatic rings. The first-order valence-electron chi connectivity index (χ1n) is 7.77. The molecule has 0 amide bonds. The maximum absolute atomic E-state index is 6.27. The standard InChI is InChI=1S/C16H31NO/c1-4-7-12-15(17-5-2)16(18-6-3)13-10-8-9-11-14-16/h4,15,17H,1,5-14H2,2-3H3. The lowest BCUT2D eigenvalue weighted by atomic mass is 9.83. The van der Waals surface area contributed by atoms with Crippen molar-refractivity contribution in [3.05, 3.63) is 12.7 Å². The van der Waals surface area contributed by atoms with Crippen LogP contribution in [0.3, 0.4) is 0 Å². The van der Waals surface area contributed by atoms with Crippen molar-refractivity contribution in [2.24, 2.45) is 0 Å². The van der Waals surface area contributed by atoms with Gasteiger partial charge in [0, 0.05) is 12.6 Å². The lowest BCUT2D eigenvalue weighted by Crippen LogP contribution is -2.52. The maximum Gasteiger partial charge on any atom is 0.0834 e. The van der Waals surface area contributed by atoms with Crippen molar-refractivity contribution < 1.29 is 4.74 Å². The van der Waals surface area contributed by atoms with Gasteiger partial charge in [0.2, 0.25) is 0 Å². The van der Waals surface area contributed by atoms with Gasteiger partial charge in [-0.1, -0.05) is 38.7 Å². The summed E-state index contributed by atoms with van der Waals surface area (Å²) >= 11 is 0. The molecule has 1 fully saturated rings. The van der Waals surface area contributed by atoms with Gasteiger partial charge in [0.25, 0.3) is 0 Å². The lowest BCUT2D eigenvalue weighted by Gasteiger charge is -2.40. The fourth-order valence-corrected chi connectivity index (χ4v) is 3.29. The van der Waals surface area contributed by atoms with Crippen molar-refractivity contribution in [2.75, 3.05) is 13.2 Å². The number of ether oxygens (including phenoxy) is 1. The molecule has 1 rings (SSSR count). The van der Waals surface area contributed by atoms with E-state index in [2.05, 4.69) is 25.7 Å². The monoisotopic (exact) mass is 253 g/mol. The van der Waals surface area contributed by atoms with E-state index in [1.807, 2.05) is 6.08 Å². The van der Waals surface area contributed by atoms with Gasteiger partial charge < -0.3 is 10.1 Å². The van der Waals surface area contributed by atoms with Crippen LogP contribution in [0.15, 0.2) is 12.7 Å². The number of allylic oxidation sites excluding steroid dienone is 1. The summed E-state index contributed by atoms with van der Waals surface area (Å²) in [7, 11) is 0. The molecule has 1 saturated carbocycles. The Hall–Kier alpha value is -0.340. The molecular formula is C16H31NO. The normalized spacial score (nSPS) is 21.2. The second kappa shape index (κ2) is 8.71. The summed E-state index contributed by atoms with van der Waals surface area (Å²) in [6, 6.07) is 0.485. The molecular weight excluding hydrogens is 222 g/mol. The van der Waals surface area contributed by atoms with E-state index in [9.17, 15) is 0 Å². The molecule has 0 aliphatic heterocycles. The van der Waals surface area contributed by atoms with Gasteiger partial charge in [0.15, 0.2) is 0 Å². The van der Waals surface area contributed by atoms with E-state index in [-0.39, 0.29) is 5.60 Å². The zero-order chi connectivity index (χ0) is 13.3. The van der Waals surface area contributed by atoms with Gasteiger partial charge in [-0.15, -0.1) is 6.58 Å². The number of nitrogens with one attached hydrogen (secondary N) is 1. The van der Waals surface area contributed by atoms with Crippen LogP contribution in [0.25, 0.3) is 0 Å². The Labute approximate surface area is 113 Å². The third-order valence-electron chi connectivity index (χ3n) is 4.13. The molecule has 0 spiro atoms. The van der Waals surface area contributed by atoms with Crippen molar-refractivity contribution in [1.82, 2.24) is 5.32 Å². The third kappa shape index (κ3) is 4.40. The van der Waals surface area contributed by atoms with Gasteiger partial charge in [-0.05, 0) is 39.2 Å². The molecule has 1 aliphatic carbocycles. The van der Waals surface area contributed by atoms with Gasteiger partial charge >= 0.3 is 0 Å². The first-order valence-corrected chi connectivity index (χ1v) is 7.77. The summed E-state index contributed by atoms with van der Waals surface area (Å²) < 4.78 is 6.27. The number of likely N-dealkylation sites (N-methyl/N-ethyl adjacent to an activating group) is 1. The van der Waals surface area contributed by atoms with E-state index in [0.717, 1.165) is 26.0 Å². The smallest absolute Gasteiger partial charge is 0.0834 e. The zero-order valence-electron chi connectivity index (χ0n) is 12.3. The fraction of sp³-hybridized carbons (Fsp3) is 0.875. The highest BCUT2D eigenvalue weighted by atomic mass is 16.5. The number of hydrogen-bond acceptors (Lipinski definition) is 2. The van der Waals surface area contributed by atoms with Crippen LogP contribution in [0.1, 0.15) is 65.2 Å². The molecule has 1 N–H and O–H groups in total. The first kappa shape index (κ1) is 15.7. The molecule has 18 heavy (non-hydrogen) atoms. The van der Waals surface area contributed by atoms with Crippen LogP contribution in [0.4, 0.5) is 0 Å². The molecule has 1 unspecified atom stereocenters. The van der Waals surface area contributed by atoms with Gasteiger partial charge in [-0.2, -0.15) is 0 Å². The van der Waals surface area contributed by atoms with E-state index in [4.69, 9.17) is 4.74 Å². The molecule has 0 heterocycles. The number of rotatable bonds is 8. The Morgan fingerprint density at radius 2 is 1.89 bits per heavy atom. The highest BCUT2D eigenvalue weighted by Crippen LogP contribution is 2.35. The van der Waals surface area contributed by atoms with Crippen molar-refractivity contribution in [2.45, 2.75) is 76.9 Å². The highest BCUT2D eigenvalue weighted by Gasteiger charge is 2.38. The largest absolute Gasteiger partial charge is 0.374 e. The summed E-state index contributed by atoms with van der Waals surface area (Å²) in [6.07, 6.45) is 12.1. The van der Waals surface area contributed by atoms with Gasteiger partial charge in [0.05, 0.1) is 5.60 Å². The summed E-state index contributed by atoms with van der Waals surface area (Å²) in [4.78, 5) is 0.